The van der Waals surface area contributed by atoms with Gasteiger partial charge in [-0.2, -0.15) is 0 Å². The smallest absolute Gasteiger partial charge is 0.307 e. The number of nitrogens with zero attached hydrogens (tertiary/aromatic N) is 1. The first kappa shape index (κ1) is 15.3. The van der Waals surface area contributed by atoms with E-state index in [0.29, 0.717) is 26.4 Å². The van der Waals surface area contributed by atoms with Gasteiger partial charge >= 0.3 is 5.97 Å². The molecule has 0 saturated carbocycles. The molecule has 108 valence electrons. The zero-order valence-electron chi connectivity index (χ0n) is 11.2. The summed E-state index contributed by atoms with van der Waals surface area (Å²) in [5.74, 6) is -0.544. The summed E-state index contributed by atoms with van der Waals surface area (Å²) in [6, 6.07) is 0. The Morgan fingerprint density at radius 2 is 2.11 bits per heavy atom. The van der Waals surface area contributed by atoms with Gasteiger partial charge in [-0.1, -0.05) is 0 Å². The summed E-state index contributed by atoms with van der Waals surface area (Å²) in [4.78, 5) is 24.8. The van der Waals surface area contributed by atoms with E-state index in [4.69, 9.17) is 14.2 Å². The first-order chi connectivity index (χ1) is 9.19. The monoisotopic (exact) mass is 273 g/mol. The predicted molar refractivity (Wildman–Crippen MR) is 65.1 cm³/mol. The van der Waals surface area contributed by atoms with E-state index in [2.05, 4.69) is 4.74 Å². The third-order valence-electron chi connectivity index (χ3n) is 2.53. The minimum absolute atomic E-state index is 0.125. The highest BCUT2D eigenvalue weighted by atomic mass is 16.6. The maximum absolute atomic E-state index is 12.1. The average molecular weight is 273 g/mol. The van der Waals surface area contributed by atoms with Gasteiger partial charge in [0.15, 0.2) is 0 Å². The Kier molecular flexibility index (Phi) is 6.73. The van der Waals surface area contributed by atoms with Gasteiger partial charge in [0.25, 0.3) is 5.91 Å². The molecule has 0 aliphatic carbocycles. The van der Waals surface area contributed by atoms with Gasteiger partial charge in [-0.25, -0.2) is 0 Å². The Bertz CT molecular complexity index is 341. The van der Waals surface area contributed by atoms with Gasteiger partial charge < -0.3 is 23.8 Å². The molecule has 0 N–H and O–H groups in total. The van der Waals surface area contributed by atoms with Crippen LogP contribution < -0.4 is 0 Å². The van der Waals surface area contributed by atoms with Crippen LogP contribution in [0.3, 0.4) is 0 Å². The van der Waals surface area contributed by atoms with Gasteiger partial charge in [0.2, 0.25) is 5.76 Å². The number of carbonyl (C=O) groups is 2. The Labute approximate surface area is 112 Å². The van der Waals surface area contributed by atoms with Crippen LogP contribution in [0.1, 0.15) is 6.42 Å². The van der Waals surface area contributed by atoms with Crippen molar-refractivity contribution in [2.24, 2.45) is 0 Å². The molecule has 0 fully saturated rings. The van der Waals surface area contributed by atoms with E-state index in [1.165, 1.54) is 18.3 Å². The van der Waals surface area contributed by atoms with Crippen molar-refractivity contribution in [3.63, 3.8) is 0 Å². The van der Waals surface area contributed by atoms with Crippen LogP contribution in [-0.2, 0) is 28.5 Å². The van der Waals surface area contributed by atoms with E-state index < -0.39 is 0 Å². The summed E-state index contributed by atoms with van der Waals surface area (Å²) in [5, 5.41) is 0. The van der Waals surface area contributed by atoms with Gasteiger partial charge in [-0.3, -0.25) is 9.59 Å². The number of esters is 1. The second kappa shape index (κ2) is 8.36. The summed E-state index contributed by atoms with van der Waals surface area (Å²) >= 11 is 0. The first-order valence-corrected chi connectivity index (χ1v) is 5.98. The lowest BCUT2D eigenvalue weighted by Gasteiger charge is -2.24. The van der Waals surface area contributed by atoms with Crippen LogP contribution in [0.15, 0.2) is 12.0 Å². The van der Waals surface area contributed by atoms with Gasteiger partial charge in [-0.05, 0) is 0 Å². The van der Waals surface area contributed by atoms with Gasteiger partial charge in [0.1, 0.15) is 19.5 Å². The number of carbonyl (C=O) groups excluding carboxylic acids is 2. The van der Waals surface area contributed by atoms with E-state index in [0.717, 1.165) is 0 Å². The molecule has 1 aliphatic heterocycles. The molecule has 1 amide bonds. The average Bonchev–Trinajstić information content (AvgIpc) is 2.47. The van der Waals surface area contributed by atoms with E-state index >= 15 is 0 Å². The lowest BCUT2D eigenvalue weighted by atomic mass is 10.3. The summed E-state index contributed by atoms with van der Waals surface area (Å²) < 4.78 is 19.8. The fourth-order valence-electron chi connectivity index (χ4n) is 1.48. The van der Waals surface area contributed by atoms with Crippen LogP contribution in [0, 0.1) is 0 Å². The van der Waals surface area contributed by atoms with E-state index in [-0.39, 0.29) is 30.6 Å². The number of methoxy groups -OCH3 is 2. The quantitative estimate of drug-likeness (QED) is 0.604. The Morgan fingerprint density at radius 3 is 2.68 bits per heavy atom. The standard InChI is InChI=1S/C12H19NO6/c1-16-6-5-13(4-3-11(14)17-2)12(15)10-9-18-7-8-19-10/h9H,3-8H2,1-2H3. The molecule has 0 aromatic carbocycles. The molecule has 1 heterocycles. The van der Waals surface area contributed by atoms with Crippen molar-refractivity contribution in [1.29, 1.82) is 0 Å². The largest absolute Gasteiger partial charge is 0.494 e. The zero-order chi connectivity index (χ0) is 14.1. The second-order valence-electron chi connectivity index (χ2n) is 3.81. The molecule has 0 bridgehead atoms. The molecular weight excluding hydrogens is 254 g/mol. The second-order valence-corrected chi connectivity index (χ2v) is 3.81. The number of hydrogen-bond acceptors (Lipinski definition) is 6. The van der Waals surface area contributed by atoms with Crippen molar-refractivity contribution in [3.8, 4) is 0 Å². The van der Waals surface area contributed by atoms with Crippen molar-refractivity contribution < 1.29 is 28.5 Å². The molecule has 1 rings (SSSR count). The fourth-order valence-corrected chi connectivity index (χ4v) is 1.48. The van der Waals surface area contributed by atoms with Crippen LogP contribution in [-0.4, -0.2) is 63.9 Å². The third-order valence-corrected chi connectivity index (χ3v) is 2.53. The van der Waals surface area contributed by atoms with Crippen molar-refractivity contribution in [2.75, 3.05) is 47.1 Å². The maximum atomic E-state index is 12.1. The Balaban J connectivity index is 2.58. The van der Waals surface area contributed by atoms with Crippen LogP contribution in [0.5, 0.6) is 0 Å². The highest BCUT2D eigenvalue weighted by Crippen LogP contribution is 2.09. The molecule has 7 heteroatoms. The van der Waals surface area contributed by atoms with Crippen molar-refractivity contribution in [3.05, 3.63) is 12.0 Å². The van der Waals surface area contributed by atoms with Gasteiger partial charge in [0.05, 0.1) is 20.1 Å². The number of rotatable bonds is 7. The third kappa shape index (κ3) is 5.17. The topological polar surface area (TPSA) is 74.3 Å². The van der Waals surface area contributed by atoms with Gasteiger partial charge in [-0.15, -0.1) is 0 Å². The molecule has 0 saturated heterocycles. The molecule has 19 heavy (non-hydrogen) atoms. The van der Waals surface area contributed by atoms with Crippen LogP contribution in [0.25, 0.3) is 0 Å². The van der Waals surface area contributed by atoms with Gasteiger partial charge in [0, 0.05) is 20.2 Å². The normalized spacial score (nSPS) is 13.9. The van der Waals surface area contributed by atoms with Crippen LogP contribution in [0.4, 0.5) is 0 Å². The Hall–Kier alpha value is -1.76. The predicted octanol–water partition coefficient (Wildman–Crippen LogP) is -0.0873. The summed E-state index contributed by atoms with van der Waals surface area (Å²) in [5.41, 5.74) is 0. The van der Waals surface area contributed by atoms with Crippen molar-refractivity contribution in [2.45, 2.75) is 6.42 Å². The van der Waals surface area contributed by atoms with Crippen molar-refractivity contribution in [1.82, 2.24) is 4.90 Å². The van der Waals surface area contributed by atoms with E-state index in [1.807, 2.05) is 0 Å². The van der Waals surface area contributed by atoms with Crippen LogP contribution >= 0.6 is 0 Å². The highest BCUT2D eigenvalue weighted by Gasteiger charge is 2.22. The number of hydrogen-bond donors (Lipinski definition) is 0. The first-order valence-electron chi connectivity index (χ1n) is 5.98. The summed E-state index contributed by atoms with van der Waals surface area (Å²) in [7, 11) is 2.85. The molecule has 0 atom stereocenters. The molecule has 0 spiro atoms. The lowest BCUT2D eigenvalue weighted by molar-refractivity contribution is -0.142. The highest BCUT2D eigenvalue weighted by molar-refractivity contribution is 5.91. The molecule has 0 aromatic rings. The van der Waals surface area contributed by atoms with E-state index in [1.54, 1.807) is 7.11 Å². The molecule has 7 nitrogen and oxygen atoms in total. The summed E-state index contributed by atoms with van der Waals surface area (Å²) in [6.45, 7) is 1.76. The van der Waals surface area contributed by atoms with E-state index in [9.17, 15) is 9.59 Å². The molecule has 1 aliphatic rings. The lowest BCUT2D eigenvalue weighted by Crippen LogP contribution is -2.38. The summed E-state index contributed by atoms with van der Waals surface area (Å²) in [6.07, 6.45) is 1.42. The minimum atomic E-state index is -0.370. The zero-order valence-corrected chi connectivity index (χ0v) is 11.2. The molecular formula is C12H19NO6. The minimum Gasteiger partial charge on any atom is -0.494 e. The Morgan fingerprint density at radius 1 is 1.32 bits per heavy atom. The number of ether oxygens (including phenoxy) is 4. The SMILES string of the molecule is COCCN(CCC(=O)OC)C(=O)C1=COCCO1. The maximum Gasteiger partial charge on any atom is 0.307 e. The molecule has 0 radical (unpaired) electrons. The molecule has 0 unspecified atom stereocenters. The number of amides is 1. The van der Waals surface area contributed by atoms with Crippen molar-refractivity contribution >= 4 is 11.9 Å². The molecule has 0 aromatic heterocycles. The van der Waals surface area contributed by atoms with Crippen LogP contribution in [0.2, 0.25) is 0 Å². The fraction of sp³-hybridized carbons (Fsp3) is 0.667.